The summed E-state index contributed by atoms with van der Waals surface area (Å²) in [4.78, 5) is 22.3. The Morgan fingerprint density at radius 3 is 2.79 bits per heavy atom. The van der Waals surface area contributed by atoms with Gasteiger partial charge in [-0.05, 0) is 30.3 Å². The highest BCUT2D eigenvalue weighted by molar-refractivity contribution is 7.92. The van der Waals surface area contributed by atoms with Crippen LogP contribution in [0.4, 0.5) is 11.4 Å². The predicted octanol–water partition coefficient (Wildman–Crippen LogP) is 2.07. The van der Waals surface area contributed by atoms with Crippen molar-refractivity contribution < 1.29 is 18.1 Å². The second kappa shape index (κ2) is 7.82. The van der Waals surface area contributed by atoms with Crippen molar-refractivity contribution in [2.24, 2.45) is 0 Å². The van der Waals surface area contributed by atoms with Gasteiger partial charge in [0.2, 0.25) is 10.0 Å². The number of aromatic nitrogens is 2. The summed E-state index contributed by atoms with van der Waals surface area (Å²) in [7, 11) is -3.72. The van der Waals surface area contributed by atoms with E-state index in [0.29, 0.717) is 5.69 Å². The molecule has 0 aliphatic rings. The van der Waals surface area contributed by atoms with E-state index in [1.165, 1.54) is 12.1 Å². The molecule has 1 aromatic carbocycles. The molecule has 3 rings (SSSR count). The first-order chi connectivity index (χ1) is 13.2. The normalized spacial score (nSPS) is 11.3. The Morgan fingerprint density at radius 1 is 1.25 bits per heavy atom. The minimum Gasteiger partial charge on any atom is -0.351 e. The fourth-order valence-corrected chi connectivity index (χ4v) is 3.56. The molecule has 2 aromatic heterocycles. The number of nitro groups is 1. The van der Waals surface area contributed by atoms with Gasteiger partial charge in [0, 0.05) is 30.6 Å². The molecule has 12 heteroatoms. The van der Waals surface area contributed by atoms with Crippen molar-refractivity contribution in [1.82, 2.24) is 14.9 Å². The molecule has 2 heterocycles. The SMILES string of the molecule is O=C(NCCS(=O)(=O)Nc1ccn2nccc2c1)c1ccc(Cl)c([N+](=O)[O-])c1. The maximum Gasteiger partial charge on any atom is 0.288 e. The number of carbonyl (C=O) groups is 1. The van der Waals surface area contributed by atoms with Crippen molar-refractivity contribution in [3.63, 3.8) is 0 Å². The molecule has 3 aromatic rings. The van der Waals surface area contributed by atoms with E-state index in [-0.39, 0.29) is 22.9 Å². The van der Waals surface area contributed by atoms with E-state index >= 15 is 0 Å². The lowest BCUT2D eigenvalue weighted by molar-refractivity contribution is -0.384. The number of amides is 1. The topological polar surface area (TPSA) is 136 Å². The summed E-state index contributed by atoms with van der Waals surface area (Å²) in [5.74, 6) is -1.02. The zero-order valence-electron chi connectivity index (χ0n) is 14.2. The lowest BCUT2D eigenvalue weighted by Crippen LogP contribution is -2.31. The van der Waals surface area contributed by atoms with Crippen LogP contribution in [0.25, 0.3) is 5.52 Å². The Balaban J connectivity index is 1.59. The van der Waals surface area contributed by atoms with Gasteiger partial charge in [0.1, 0.15) is 5.02 Å². The molecule has 0 bridgehead atoms. The van der Waals surface area contributed by atoms with Crippen LogP contribution >= 0.6 is 11.6 Å². The van der Waals surface area contributed by atoms with E-state index in [1.807, 2.05) is 0 Å². The molecule has 0 atom stereocenters. The highest BCUT2D eigenvalue weighted by atomic mass is 35.5. The van der Waals surface area contributed by atoms with Crippen molar-refractivity contribution in [1.29, 1.82) is 0 Å². The zero-order valence-corrected chi connectivity index (χ0v) is 15.8. The molecular formula is C16H14ClN5O5S. The summed E-state index contributed by atoms with van der Waals surface area (Å²) < 4.78 is 28.4. The lowest BCUT2D eigenvalue weighted by Gasteiger charge is -2.09. The summed E-state index contributed by atoms with van der Waals surface area (Å²) in [6.45, 7) is -0.181. The summed E-state index contributed by atoms with van der Waals surface area (Å²) in [5.41, 5.74) is 0.692. The van der Waals surface area contributed by atoms with Gasteiger partial charge in [-0.1, -0.05) is 11.6 Å². The summed E-state index contributed by atoms with van der Waals surface area (Å²) in [6, 6.07) is 8.49. The van der Waals surface area contributed by atoms with Gasteiger partial charge >= 0.3 is 0 Å². The molecule has 28 heavy (non-hydrogen) atoms. The lowest BCUT2D eigenvalue weighted by atomic mass is 10.2. The minimum absolute atomic E-state index is 0.00708. The van der Waals surface area contributed by atoms with E-state index in [1.54, 1.807) is 35.1 Å². The van der Waals surface area contributed by atoms with Crippen LogP contribution in [0.2, 0.25) is 5.02 Å². The number of benzene rings is 1. The first-order valence-electron chi connectivity index (χ1n) is 7.91. The number of carbonyl (C=O) groups excluding carboxylic acids is 1. The number of sulfonamides is 1. The number of nitrogens with one attached hydrogen (secondary N) is 2. The predicted molar refractivity (Wildman–Crippen MR) is 103 cm³/mol. The fraction of sp³-hybridized carbons (Fsp3) is 0.125. The number of rotatable bonds is 7. The fourth-order valence-electron chi connectivity index (χ4n) is 2.41. The highest BCUT2D eigenvalue weighted by Crippen LogP contribution is 2.25. The van der Waals surface area contributed by atoms with Gasteiger partial charge in [0.25, 0.3) is 11.6 Å². The Hall–Kier alpha value is -3.18. The Bertz CT molecular complexity index is 1160. The van der Waals surface area contributed by atoms with Crippen LogP contribution in [-0.4, -0.2) is 41.2 Å². The van der Waals surface area contributed by atoms with Gasteiger partial charge < -0.3 is 5.32 Å². The molecule has 0 aliphatic heterocycles. The third kappa shape index (κ3) is 4.56. The van der Waals surface area contributed by atoms with Crippen molar-refractivity contribution in [3.8, 4) is 0 Å². The number of anilines is 1. The van der Waals surface area contributed by atoms with Gasteiger partial charge in [-0.15, -0.1) is 0 Å². The van der Waals surface area contributed by atoms with E-state index in [0.717, 1.165) is 11.6 Å². The van der Waals surface area contributed by atoms with Crippen LogP contribution in [0, 0.1) is 10.1 Å². The van der Waals surface area contributed by atoms with E-state index in [4.69, 9.17) is 11.6 Å². The van der Waals surface area contributed by atoms with Crippen molar-refractivity contribution in [3.05, 3.63) is 69.5 Å². The average Bonchev–Trinajstić information content (AvgIpc) is 3.09. The van der Waals surface area contributed by atoms with E-state index < -0.39 is 26.5 Å². The van der Waals surface area contributed by atoms with E-state index in [9.17, 15) is 23.3 Å². The first kappa shape index (κ1) is 19.6. The molecule has 0 spiro atoms. The van der Waals surface area contributed by atoms with Gasteiger partial charge in [0.05, 0.1) is 21.9 Å². The second-order valence-electron chi connectivity index (χ2n) is 5.72. The Kier molecular flexibility index (Phi) is 5.47. The maximum atomic E-state index is 12.2. The monoisotopic (exact) mass is 423 g/mol. The van der Waals surface area contributed by atoms with Gasteiger partial charge in [-0.3, -0.25) is 19.6 Å². The molecule has 146 valence electrons. The molecule has 0 saturated heterocycles. The second-order valence-corrected chi connectivity index (χ2v) is 7.97. The summed E-state index contributed by atoms with van der Waals surface area (Å²) in [5, 5.41) is 17.2. The van der Waals surface area contributed by atoms with Gasteiger partial charge in [0.15, 0.2) is 0 Å². The van der Waals surface area contributed by atoms with Gasteiger partial charge in [-0.2, -0.15) is 5.10 Å². The van der Waals surface area contributed by atoms with Crippen molar-refractivity contribution >= 4 is 44.4 Å². The van der Waals surface area contributed by atoms with Crippen LogP contribution in [0.3, 0.4) is 0 Å². The minimum atomic E-state index is -3.72. The molecule has 2 N–H and O–H groups in total. The summed E-state index contributed by atoms with van der Waals surface area (Å²) >= 11 is 5.70. The smallest absolute Gasteiger partial charge is 0.288 e. The number of halogens is 1. The van der Waals surface area contributed by atoms with E-state index in [2.05, 4.69) is 15.1 Å². The largest absolute Gasteiger partial charge is 0.351 e. The number of nitrogens with zero attached hydrogens (tertiary/aromatic N) is 3. The van der Waals surface area contributed by atoms with Crippen LogP contribution in [0.15, 0.2) is 48.8 Å². The molecule has 1 amide bonds. The highest BCUT2D eigenvalue weighted by Gasteiger charge is 2.17. The van der Waals surface area contributed by atoms with Crippen LogP contribution in [-0.2, 0) is 10.0 Å². The Morgan fingerprint density at radius 2 is 2.04 bits per heavy atom. The quantitative estimate of drug-likeness (QED) is 0.441. The molecule has 10 nitrogen and oxygen atoms in total. The molecule has 0 unspecified atom stereocenters. The molecule has 0 saturated carbocycles. The molecule has 0 radical (unpaired) electrons. The van der Waals surface area contributed by atoms with Crippen LogP contribution in [0.5, 0.6) is 0 Å². The molecular weight excluding hydrogens is 410 g/mol. The molecule has 0 aliphatic carbocycles. The number of hydrogen-bond acceptors (Lipinski definition) is 6. The number of pyridine rings is 1. The van der Waals surface area contributed by atoms with Crippen LogP contribution < -0.4 is 10.0 Å². The third-order valence-corrected chi connectivity index (χ3v) is 5.34. The van der Waals surface area contributed by atoms with Gasteiger partial charge in [-0.25, -0.2) is 12.9 Å². The zero-order chi connectivity index (χ0) is 20.3. The number of fused-ring (bicyclic) bond motifs is 1. The standard InChI is InChI=1S/C16H14ClN5O5S/c17-14-2-1-11(9-15(14)22(24)25)16(23)18-6-8-28(26,27)20-12-4-7-21-13(10-12)3-5-19-21/h1-5,7,9-10,20H,6,8H2,(H,18,23). The average molecular weight is 424 g/mol. The Labute approximate surface area is 164 Å². The number of nitro benzene ring substituents is 1. The molecule has 0 fully saturated rings. The first-order valence-corrected chi connectivity index (χ1v) is 9.94. The van der Waals surface area contributed by atoms with Crippen molar-refractivity contribution in [2.75, 3.05) is 17.0 Å². The van der Waals surface area contributed by atoms with Crippen LogP contribution in [0.1, 0.15) is 10.4 Å². The summed E-state index contributed by atoms with van der Waals surface area (Å²) in [6.07, 6.45) is 3.20. The maximum absolute atomic E-state index is 12.2. The third-order valence-electron chi connectivity index (χ3n) is 3.73. The number of hydrogen-bond donors (Lipinski definition) is 2. The van der Waals surface area contributed by atoms with Crippen molar-refractivity contribution in [2.45, 2.75) is 0 Å².